The third-order valence-electron chi connectivity index (χ3n) is 2.89. The van der Waals surface area contributed by atoms with Crippen molar-refractivity contribution in [1.82, 2.24) is 0 Å². The van der Waals surface area contributed by atoms with Crippen LogP contribution < -0.4 is 5.32 Å². The Kier molecular flexibility index (Phi) is 4.05. The zero-order valence-electron chi connectivity index (χ0n) is 10.3. The molecule has 0 saturated heterocycles. The van der Waals surface area contributed by atoms with Gasteiger partial charge in [-0.05, 0) is 41.1 Å². The quantitative estimate of drug-likeness (QED) is 0.639. The molecule has 5 heteroatoms. The van der Waals surface area contributed by atoms with Crippen LogP contribution in [-0.4, -0.2) is 0 Å². The van der Waals surface area contributed by atoms with Crippen LogP contribution in [0.4, 0.5) is 10.1 Å². The topological polar surface area (TPSA) is 12.0 Å². The highest BCUT2D eigenvalue weighted by atomic mass is 35.5. The predicted octanol–water partition coefficient (Wildman–Crippen LogP) is 5.80. The Morgan fingerprint density at radius 2 is 1.65 bits per heavy atom. The number of nitrogens with one attached hydrogen (secondary N) is 1. The van der Waals surface area contributed by atoms with E-state index in [9.17, 15) is 4.39 Å². The summed E-state index contributed by atoms with van der Waals surface area (Å²) in [4.78, 5) is 2.39. The third kappa shape index (κ3) is 2.87. The van der Waals surface area contributed by atoms with E-state index in [2.05, 4.69) is 17.4 Å². The summed E-state index contributed by atoms with van der Waals surface area (Å²) in [6.07, 6.45) is 0. The third-order valence-corrected chi connectivity index (χ3v) is 5.07. The Morgan fingerprint density at radius 1 is 1.00 bits per heavy atom. The lowest BCUT2D eigenvalue weighted by atomic mass is 10.2. The Morgan fingerprint density at radius 3 is 2.15 bits per heavy atom. The van der Waals surface area contributed by atoms with Crippen molar-refractivity contribution >= 4 is 40.0 Å². The van der Waals surface area contributed by atoms with E-state index in [1.807, 2.05) is 22.9 Å². The molecule has 3 rings (SSSR count). The molecular formula is C15H11ClFNS2. The van der Waals surface area contributed by atoms with Crippen LogP contribution in [0.5, 0.6) is 0 Å². The fourth-order valence-electron chi connectivity index (χ4n) is 1.95. The molecule has 0 aliphatic rings. The zero-order chi connectivity index (χ0) is 13.9. The van der Waals surface area contributed by atoms with Crippen molar-refractivity contribution in [3.05, 3.63) is 73.8 Å². The highest BCUT2D eigenvalue weighted by molar-refractivity contribution is 7.11. The molecule has 1 nitrogen and oxygen atoms in total. The molecule has 0 unspecified atom stereocenters. The molecule has 0 aliphatic heterocycles. The van der Waals surface area contributed by atoms with Crippen molar-refractivity contribution in [2.75, 3.05) is 5.32 Å². The maximum atomic E-state index is 13.5. The normalized spacial score (nSPS) is 10.9. The monoisotopic (exact) mass is 323 g/mol. The Labute approximate surface area is 129 Å². The average molecular weight is 324 g/mol. The van der Waals surface area contributed by atoms with Crippen LogP contribution in [0.3, 0.4) is 0 Å². The molecule has 102 valence electrons. The highest BCUT2D eigenvalue weighted by Crippen LogP contribution is 2.33. The van der Waals surface area contributed by atoms with Gasteiger partial charge in [-0.25, -0.2) is 4.39 Å². The summed E-state index contributed by atoms with van der Waals surface area (Å²) in [6.45, 7) is 0. The molecule has 0 atom stereocenters. The average Bonchev–Trinajstić information content (AvgIpc) is 3.12. The Balaban J connectivity index is 1.92. The summed E-state index contributed by atoms with van der Waals surface area (Å²) in [5.41, 5.74) is 0.721. The number of rotatable bonds is 4. The van der Waals surface area contributed by atoms with Crippen LogP contribution >= 0.6 is 34.3 Å². The summed E-state index contributed by atoms with van der Waals surface area (Å²) < 4.78 is 13.5. The van der Waals surface area contributed by atoms with Crippen LogP contribution in [0.25, 0.3) is 0 Å². The van der Waals surface area contributed by atoms with Gasteiger partial charge >= 0.3 is 0 Å². The molecule has 3 aromatic rings. The van der Waals surface area contributed by atoms with Gasteiger partial charge in [0.15, 0.2) is 0 Å². The van der Waals surface area contributed by atoms with E-state index in [1.165, 1.54) is 15.8 Å². The zero-order valence-corrected chi connectivity index (χ0v) is 12.7. The molecule has 20 heavy (non-hydrogen) atoms. The molecule has 0 bridgehead atoms. The van der Waals surface area contributed by atoms with Crippen molar-refractivity contribution in [1.29, 1.82) is 0 Å². The Bertz CT molecular complexity index is 646. The fraction of sp³-hybridized carbons (Fsp3) is 0.0667. The lowest BCUT2D eigenvalue weighted by Crippen LogP contribution is -2.09. The van der Waals surface area contributed by atoms with Gasteiger partial charge in [0, 0.05) is 15.4 Å². The van der Waals surface area contributed by atoms with E-state index in [-0.39, 0.29) is 11.1 Å². The number of benzene rings is 1. The molecule has 1 N–H and O–H groups in total. The molecule has 0 fully saturated rings. The fourth-order valence-corrected chi connectivity index (χ4v) is 3.73. The first kappa shape index (κ1) is 13.6. The van der Waals surface area contributed by atoms with Crippen LogP contribution in [0, 0.1) is 5.82 Å². The summed E-state index contributed by atoms with van der Waals surface area (Å²) in [6, 6.07) is 13.0. The lowest BCUT2D eigenvalue weighted by molar-refractivity contribution is 0.628. The minimum absolute atomic E-state index is 0.0376. The molecule has 0 spiro atoms. The predicted molar refractivity (Wildman–Crippen MR) is 85.5 cm³/mol. The molecule has 0 saturated carbocycles. The van der Waals surface area contributed by atoms with Gasteiger partial charge in [0.25, 0.3) is 0 Å². The number of hydrogen-bond acceptors (Lipinski definition) is 3. The van der Waals surface area contributed by atoms with Gasteiger partial charge in [0.1, 0.15) is 5.82 Å². The molecule has 0 amide bonds. The first-order valence-electron chi connectivity index (χ1n) is 6.02. The van der Waals surface area contributed by atoms with Crippen molar-refractivity contribution in [2.45, 2.75) is 6.04 Å². The van der Waals surface area contributed by atoms with Crippen molar-refractivity contribution in [3.63, 3.8) is 0 Å². The maximum absolute atomic E-state index is 13.5. The summed E-state index contributed by atoms with van der Waals surface area (Å²) >= 11 is 9.08. The molecular weight excluding hydrogens is 313 g/mol. The van der Waals surface area contributed by atoms with E-state index >= 15 is 0 Å². The van der Waals surface area contributed by atoms with Gasteiger partial charge in [0.2, 0.25) is 0 Å². The minimum Gasteiger partial charge on any atom is -0.373 e. The van der Waals surface area contributed by atoms with Crippen LogP contribution in [-0.2, 0) is 0 Å². The highest BCUT2D eigenvalue weighted by Gasteiger charge is 2.16. The van der Waals surface area contributed by atoms with E-state index in [0.29, 0.717) is 0 Å². The van der Waals surface area contributed by atoms with E-state index in [0.717, 1.165) is 5.69 Å². The van der Waals surface area contributed by atoms with Crippen LogP contribution in [0.15, 0.2) is 53.2 Å². The van der Waals surface area contributed by atoms with Gasteiger partial charge < -0.3 is 5.32 Å². The van der Waals surface area contributed by atoms with Gasteiger partial charge in [-0.2, -0.15) is 0 Å². The molecule has 2 heterocycles. The smallest absolute Gasteiger partial charge is 0.143 e. The second kappa shape index (κ2) is 5.95. The molecule has 2 aromatic heterocycles. The first-order chi connectivity index (χ1) is 9.74. The standard InChI is InChI=1S/C15H11ClFNS2/c16-11-6-5-10(9-12(11)17)18-15(13-3-1-7-19-13)14-4-2-8-20-14/h1-9,15,18H. The second-order valence-electron chi connectivity index (χ2n) is 4.24. The number of halogens is 2. The van der Waals surface area contributed by atoms with Crippen LogP contribution in [0.1, 0.15) is 15.8 Å². The van der Waals surface area contributed by atoms with Crippen LogP contribution in [0.2, 0.25) is 5.02 Å². The van der Waals surface area contributed by atoms with E-state index in [4.69, 9.17) is 11.6 Å². The largest absolute Gasteiger partial charge is 0.373 e. The maximum Gasteiger partial charge on any atom is 0.143 e. The number of hydrogen-bond donors (Lipinski definition) is 1. The van der Waals surface area contributed by atoms with E-state index < -0.39 is 5.82 Å². The van der Waals surface area contributed by atoms with Crippen molar-refractivity contribution < 1.29 is 4.39 Å². The summed E-state index contributed by atoms with van der Waals surface area (Å²) in [5, 5.41) is 7.60. The van der Waals surface area contributed by atoms with Crippen molar-refractivity contribution in [2.24, 2.45) is 0 Å². The number of anilines is 1. The summed E-state index contributed by atoms with van der Waals surface area (Å²) in [5.74, 6) is -0.409. The van der Waals surface area contributed by atoms with Gasteiger partial charge in [-0.1, -0.05) is 23.7 Å². The first-order valence-corrected chi connectivity index (χ1v) is 8.16. The lowest BCUT2D eigenvalue weighted by Gasteiger charge is -2.17. The van der Waals surface area contributed by atoms with Gasteiger partial charge in [0.05, 0.1) is 11.1 Å². The van der Waals surface area contributed by atoms with E-state index in [1.54, 1.807) is 34.8 Å². The SMILES string of the molecule is Fc1cc(NC(c2cccs2)c2cccs2)ccc1Cl. The van der Waals surface area contributed by atoms with Crippen molar-refractivity contribution in [3.8, 4) is 0 Å². The van der Waals surface area contributed by atoms with Gasteiger partial charge in [-0.15, -0.1) is 22.7 Å². The molecule has 0 radical (unpaired) electrons. The second-order valence-corrected chi connectivity index (χ2v) is 6.60. The van der Waals surface area contributed by atoms with Gasteiger partial charge in [-0.3, -0.25) is 0 Å². The molecule has 1 aromatic carbocycles. The molecule has 0 aliphatic carbocycles. The number of thiophene rings is 2. The minimum atomic E-state index is -0.409. The Hall–Kier alpha value is -1.36. The summed E-state index contributed by atoms with van der Waals surface area (Å²) in [7, 11) is 0.